The fraction of sp³-hybridized carbons (Fsp3) is 0.312. The Balaban J connectivity index is 1.75. The van der Waals surface area contributed by atoms with E-state index >= 15 is 0 Å². The number of carbonyl (C=O) groups is 1. The van der Waals surface area contributed by atoms with Gasteiger partial charge in [-0.2, -0.15) is 0 Å². The lowest BCUT2D eigenvalue weighted by Gasteiger charge is -2.06. The van der Waals surface area contributed by atoms with Crippen LogP contribution in [0.25, 0.3) is 0 Å². The van der Waals surface area contributed by atoms with Gasteiger partial charge >= 0.3 is 0 Å². The van der Waals surface area contributed by atoms with E-state index in [9.17, 15) is 9.18 Å². The number of aromatic nitrogens is 3. The van der Waals surface area contributed by atoms with Gasteiger partial charge in [-0.05, 0) is 31.0 Å². The molecule has 0 aliphatic heterocycles. The van der Waals surface area contributed by atoms with Gasteiger partial charge in [0.1, 0.15) is 11.6 Å². The predicted molar refractivity (Wildman–Crippen MR) is 88.8 cm³/mol. The maximum Gasteiger partial charge on any atom is 0.230 e. The van der Waals surface area contributed by atoms with Crippen molar-refractivity contribution in [2.45, 2.75) is 25.0 Å². The minimum absolute atomic E-state index is 0.0667. The van der Waals surface area contributed by atoms with Gasteiger partial charge in [-0.1, -0.05) is 30.0 Å². The summed E-state index contributed by atoms with van der Waals surface area (Å²) in [5.41, 5.74) is 0.987. The van der Waals surface area contributed by atoms with Crippen molar-refractivity contribution in [3.8, 4) is 0 Å². The number of amides is 1. The minimum atomic E-state index is -0.256. The van der Waals surface area contributed by atoms with Crippen LogP contribution in [0.15, 0.2) is 42.1 Å². The quantitative estimate of drug-likeness (QED) is 0.595. The van der Waals surface area contributed by atoms with E-state index in [0.717, 1.165) is 11.4 Å². The van der Waals surface area contributed by atoms with Crippen molar-refractivity contribution in [2.24, 2.45) is 0 Å². The molecule has 0 aliphatic rings. The van der Waals surface area contributed by atoms with Crippen LogP contribution in [0.5, 0.6) is 0 Å². The summed E-state index contributed by atoms with van der Waals surface area (Å²) in [6.45, 7) is 6.70. The number of hydrogen-bond acceptors (Lipinski definition) is 4. The van der Waals surface area contributed by atoms with E-state index < -0.39 is 0 Å². The molecule has 0 atom stereocenters. The van der Waals surface area contributed by atoms with Gasteiger partial charge in [-0.15, -0.1) is 16.8 Å². The third-order valence-electron chi connectivity index (χ3n) is 3.19. The maximum atomic E-state index is 12.8. The average Bonchev–Trinajstić information content (AvgIpc) is 2.88. The van der Waals surface area contributed by atoms with Crippen LogP contribution in [0, 0.1) is 12.7 Å². The molecule has 0 aliphatic carbocycles. The van der Waals surface area contributed by atoms with Gasteiger partial charge < -0.3 is 9.88 Å². The number of aryl methyl sites for hydroxylation is 1. The van der Waals surface area contributed by atoms with Crippen LogP contribution in [0.3, 0.4) is 0 Å². The molecule has 0 saturated heterocycles. The summed E-state index contributed by atoms with van der Waals surface area (Å²) in [5.74, 6) is 0.749. The van der Waals surface area contributed by atoms with Crippen LogP contribution in [-0.2, 0) is 17.8 Å². The van der Waals surface area contributed by atoms with Crippen molar-refractivity contribution < 1.29 is 9.18 Å². The summed E-state index contributed by atoms with van der Waals surface area (Å²) in [6.07, 6.45) is 2.44. The van der Waals surface area contributed by atoms with Crippen LogP contribution in [-0.4, -0.2) is 33.0 Å². The molecule has 122 valence electrons. The van der Waals surface area contributed by atoms with E-state index in [1.807, 2.05) is 11.5 Å². The van der Waals surface area contributed by atoms with E-state index in [-0.39, 0.29) is 17.5 Å². The highest BCUT2D eigenvalue weighted by Crippen LogP contribution is 2.16. The molecule has 5 nitrogen and oxygen atoms in total. The van der Waals surface area contributed by atoms with Crippen LogP contribution in [0.1, 0.15) is 11.4 Å². The van der Waals surface area contributed by atoms with Gasteiger partial charge in [-0.3, -0.25) is 4.79 Å². The van der Waals surface area contributed by atoms with Gasteiger partial charge in [0.2, 0.25) is 5.91 Å². The Hall–Kier alpha value is -2.15. The van der Waals surface area contributed by atoms with Crippen molar-refractivity contribution >= 4 is 17.7 Å². The van der Waals surface area contributed by atoms with E-state index in [0.29, 0.717) is 24.7 Å². The molecule has 1 amide bonds. The van der Waals surface area contributed by atoms with Crippen LogP contribution in [0.4, 0.5) is 4.39 Å². The fourth-order valence-corrected chi connectivity index (χ4v) is 2.81. The zero-order valence-corrected chi connectivity index (χ0v) is 13.8. The molecule has 2 rings (SSSR count). The zero-order valence-electron chi connectivity index (χ0n) is 13.0. The Labute approximate surface area is 139 Å². The molecular formula is C16H19FN4OS. The van der Waals surface area contributed by atoms with Gasteiger partial charge in [-0.25, -0.2) is 4.39 Å². The molecular weight excluding hydrogens is 315 g/mol. The number of halogens is 1. The molecule has 0 bridgehead atoms. The fourth-order valence-electron chi connectivity index (χ4n) is 1.99. The lowest BCUT2D eigenvalue weighted by molar-refractivity contribution is -0.118. The molecule has 0 fully saturated rings. The Morgan fingerprint density at radius 1 is 1.39 bits per heavy atom. The molecule has 0 unspecified atom stereocenters. The average molecular weight is 334 g/mol. The number of nitrogens with one attached hydrogen (secondary N) is 1. The van der Waals surface area contributed by atoms with E-state index in [2.05, 4.69) is 22.1 Å². The normalized spacial score (nSPS) is 10.5. The molecule has 1 heterocycles. The van der Waals surface area contributed by atoms with Crippen LogP contribution in [0.2, 0.25) is 0 Å². The van der Waals surface area contributed by atoms with Gasteiger partial charge in [0.25, 0.3) is 0 Å². The van der Waals surface area contributed by atoms with Crippen molar-refractivity contribution in [3.05, 3.63) is 54.1 Å². The summed E-state index contributed by atoms with van der Waals surface area (Å²) in [4.78, 5) is 11.9. The Kier molecular flexibility index (Phi) is 6.34. The third-order valence-corrected chi connectivity index (χ3v) is 4.16. The van der Waals surface area contributed by atoms with E-state index in [1.54, 1.807) is 18.2 Å². The zero-order chi connectivity index (χ0) is 16.7. The predicted octanol–water partition coefficient (Wildman–Crippen LogP) is 2.36. The van der Waals surface area contributed by atoms with Gasteiger partial charge in [0.05, 0.1) is 5.75 Å². The highest BCUT2D eigenvalue weighted by Gasteiger charge is 2.10. The molecule has 0 radical (unpaired) electrons. The van der Waals surface area contributed by atoms with Gasteiger partial charge in [0.15, 0.2) is 5.16 Å². The molecule has 0 saturated carbocycles. The van der Waals surface area contributed by atoms with Gasteiger partial charge in [0, 0.05) is 13.1 Å². The van der Waals surface area contributed by atoms with Crippen molar-refractivity contribution in [3.63, 3.8) is 0 Å². The summed E-state index contributed by atoms with van der Waals surface area (Å²) >= 11 is 1.34. The Morgan fingerprint density at radius 2 is 2.13 bits per heavy atom. The SMILES string of the molecule is C=CCn1c(C)nnc1SCC(=O)NCCc1ccc(F)cc1. The second kappa shape index (κ2) is 8.47. The Morgan fingerprint density at radius 3 is 2.83 bits per heavy atom. The highest BCUT2D eigenvalue weighted by molar-refractivity contribution is 7.99. The lowest BCUT2D eigenvalue weighted by Crippen LogP contribution is -2.27. The molecule has 1 N–H and O–H groups in total. The lowest BCUT2D eigenvalue weighted by atomic mass is 10.1. The van der Waals surface area contributed by atoms with Crippen molar-refractivity contribution in [1.82, 2.24) is 20.1 Å². The largest absolute Gasteiger partial charge is 0.355 e. The number of carbonyl (C=O) groups excluding carboxylic acids is 1. The number of rotatable bonds is 8. The molecule has 7 heteroatoms. The molecule has 0 spiro atoms. The topological polar surface area (TPSA) is 59.8 Å². The number of thioether (sulfide) groups is 1. The number of benzene rings is 1. The maximum absolute atomic E-state index is 12.8. The number of nitrogens with zero attached hydrogens (tertiary/aromatic N) is 3. The summed E-state index contributed by atoms with van der Waals surface area (Å²) < 4.78 is 14.7. The number of allylic oxidation sites excluding steroid dienone is 1. The first-order valence-electron chi connectivity index (χ1n) is 7.25. The minimum Gasteiger partial charge on any atom is -0.355 e. The first kappa shape index (κ1) is 17.2. The second-order valence-corrected chi connectivity index (χ2v) is 5.89. The van der Waals surface area contributed by atoms with E-state index in [1.165, 1.54) is 23.9 Å². The Bertz CT molecular complexity index is 669. The first-order valence-corrected chi connectivity index (χ1v) is 8.23. The molecule has 23 heavy (non-hydrogen) atoms. The summed E-state index contributed by atoms with van der Waals surface area (Å²) in [6, 6.07) is 6.27. The smallest absolute Gasteiger partial charge is 0.230 e. The summed E-state index contributed by atoms with van der Waals surface area (Å²) in [7, 11) is 0. The van der Waals surface area contributed by atoms with E-state index in [4.69, 9.17) is 0 Å². The molecule has 1 aromatic heterocycles. The number of hydrogen-bond donors (Lipinski definition) is 1. The van der Waals surface area contributed by atoms with Crippen LogP contribution >= 0.6 is 11.8 Å². The molecule has 2 aromatic rings. The monoisotopic (exact) mass is 334 g/mol. The second-order valence-electron chi connectivity index (χ2n) is 4.94. The van der Waals surface area contributed by atoms with Crippen molar-refractivity contribution in [1.29, 1.82) is 0 Å². The third kappa shape index (κ3) is 5.21. The standard InChI is InChI=1S/C16H19FN4OS/c1-3-10-21-12(2)19-20-16(21)23-11-15(22)18-9-8-13-4-6-14(17)7-5-13/h3-7H,1,8-11H2,2H3,(H,18,22). The molecule has 1 aromatic carbocycles. The van der Waals surface area contributed by atoms with Crippen LogP contribution < -0.4 is 5.32 Å². The summed E-state index contributed by atoms with van der Waals surface area (Å²) in [5, 5.41) is 11.6. The van der Waals surface area contributed by atoms with Crippen molar-refractivity contribution in [2.75, 3.05) is 12.3 Å². The first-order chi connectivity index (χ1) is 11.1. The highest BCUT2D eigenvalue weighted by atomic mass is 32.2.